The summed E-state index contributed by atoms with van der Waals surface area (Å²) in [5, 5.41) is 11.6. The van der Waals surface area contributed by atoms with Crippen LogP contribution in [0.15, 0.2) is 127 Å². The molecular formula is C31H23N2O3. The minimum absolute atomic E-state index is 0.112. The lowest BCUT2D eigenvalue weighted by molar-refractivity contribution is -0.113. The quantitative estimate of drug-likeness (QED) is 0.360. The second-order valence-corrected chi connectivity index (χ2v) is 8.53. The van der Waals surface area contributed by atoms with Crippen LogP contribution in [0.4, 0.5) is 11.4 Å². The van der Waals surface area contributed by atoms with E-state index in [9.17, 15) is 9.90 Å². The van der Waals surface area contributed by atoms with E-state index >= 15 is 0 Å². The Balaban J connectivity index is 1.52. The second-order valence-electron chi connectivity index (χ2n) is 8.53. The molecule has 36 heavy (non-hydrogen) atoms. The van der Waals surface area contributed by atoms with Crippen LogP contribution in [0.25, 0.3) is 11.3 Å². The van der Waals surface area contributed by atoms with Crippen molar-refractivity contribution in [3.05, 3.63) is 150 Å². The maximum atomic E-state index is 14.0. The molecule has 0 aromatic heterocycles. The molecule has 0 spiro atoms. The van der Waals surface area contributed by atoms with Crippen LogP contribution in [0.2, 0.25) is 0 Å². The molecule has 5 heteroatoms. The maximum absolute atomic E-state index is 14.0. The van der Waals surface area contributed by atoms with Crippen molar-refractivity contribution in [2.45, 2.75) is 6.61 Å². The lowest BCUT2D eigenvalue weighted by atomic mass is 9.96. The Hall–Kier alpha value is -4.77. The van der Waals surface area contributed by atoms with Gasteiger partial charge in [-0.05, 0) is 35.4 Å². The van der Waals surface area contributed by atoms with Gasteiger partial charge in [0.25, 0.3) is 5.91 Å². The largest absolute Gasteiger partial charge is 0.494 e. The van der Waals surface area contributed by atoms with Crippen LogP contribution in [0.3, 0.4) is 0 Å². The number of ether oxygens (including phenoxy) is 1. The second kappa shape index (κ2) is 9.12. The normalized spacial score (nSPS) is 15.3. The number of benzene rings is 4. The van der Waals surface area contributed by atoms with Crippen LogP contribution in [0.5, 0.6) is 0 Å². The number of fused-ring (bicyclic) bond motifs is 3. The Kier molecular flexibility index (Phi) is 5.51. The third-order valence-corrected chi connectivity index (χ3v) is 6.30. The van der Waals surface area contributed by atoms with E-state index in [-0.39, 0.29) is 17.4 Å². The van der Waals surface area contributed by atoms with Crippen molar-refractivity contribution in [3.8, 4) is 0 Å². The van der Waals surface area contributed by atoms with Gasteiger partial charge in [-0.15, -0.1) is 0 Å². The van der Waals surface area contributed by atoms with Crippen LogP contribution in [0, 0.1) is 6.17 Å². The Morgan fingerprint density at radius 1 is 0.694 bits per heavy atom. The molecule has 6 rings (SSSR count). The summed E-state index contributed by atoms with van der Waals surface area (Å²) in [6.45, 7) is 0.380. The van der Waals surface area contributed by atoms with E-state index in [1.807, 2.05) is 121 Å². The average Bonchev–Trinajstić information content (AvgIpc) is 2.93. The molecule has 0 atom stereocenters. The summed E-state index contributed by atoms with van der Waals surface area (Å²) in [5.41, 5.74) is 4.18. The van der Waals surface area contributed by atoms with Gasteiger partial charge in [0.2, 0.25) is 5.88 Å². The minimum atomic E-state index is -0.311. The van der Waals surface area contributed by atoms with Gasteiger partial charge in [0.1, 0.15) is 17.9 Å². The van der Waals surface area contributed by atoms with E-state index in [4.69, 9.17) is 4.74 Å². The molecule has 0 unspecified atom stereocenters. The predicted molar refractivity (Wildman–Crippen MR) is 141 cm³/mol. The fraction of sp³-hybridized carbons (Fsp3) is 0.0323. The number of anilines is 2. The molecule has 0 aliphatic carbocycles. The van der Waals surface area contributed by atoms with Gasteiger partial charge in [0, 0.05) is 17.3 Å². The SMILES string of the molecule is O=C1C(c2ccccc2)=C(O)N2[C](C=C(OCc3ccccc3)c3ccccc32)N1c1ccccc1. The van der Waals surface area contributed by atoms with Gasteiger partial charge in [-0.25, -0.2) is 0 Å². The summed E-state index contributed by atoms with van der Waals surface area (Å²) in [6, 6.07) is 36.4. The Bertz CT molecular complexity index is 1460. The molecule has 0 saturated carbocycles. The van der Waals surface area contributed by atoms with E-state index in [0.29, 0.717) is 29.8 Å². The van der Waals surface area contributed by atoms with Crippen molar-refractivity contribution in [1.82, 2.24) is 0 Å². The zero-order valence-corrected chi connectivity index (χ0v) is 19.4. The fourth-order valence-electron chi connectivity index (χ4n) is 4.61. The summed E-state index contributed by atoms with van der Waals surface area (Å²) < 4.78 is 6.29. The van der Waals surface area contributed by atoms with Gasteiger partial charge in [-0.1, -0.05) is 91.0 Å². The monoisotopic (exact) mass is 471 g/mol. The van der Waals surface area contributed by atoms with Crippen molar-refractivity contribution in [2.24, 2.45) is 0 Å². The summed E-state index contributed by atoms with van der Waals surface area (Å²) in [6.07, 6.45) is 2.33. The molecule has 0 fully saturated rings. The van der Waals surface area contributed by atoms with Crippen molar-refractivity contribution in [2.75, 3.05) is 9.80 Å². The molecule has 1 amide bonds. The number of nitrogens with zero attached hydrogens (tertiary/aromatic N) is 2. The number of para-hydroxylation sites is 2. The summed E-state index contributed by atoms with van der Waals surface area (Å²) >= 11 is 0. The van der Waals surface area contributed by atoms with Gasteiger partial charge in [0.15, 0.2) is 6.17 Å². The highest BCUT2D eigenvalue weighted by Gasteiger charge is 2.45. The molecule has 2 heterocycles. The molecular weight excluding hydrogens is 448 g/mol. The zero-order chi connectivity index (χ0) is 24.5. The van der Waals surface area contributed by atoms with E-state index < -0.39 is 0 Å². The van der Waals surface area contributed by atoms with Crippen LogP contribution in [-0.4, -0.2) is 11.0 Å². The van der Waals surface area contributed by atoms with Gasteiger partial charge >= 0.3 is 0 Å². The number of carbonyl (C=O) groups excluding carboxylic acids is 1. The van der Waals surface area contributed by atoms with E-state index in [1.165, 1.54) is 0 Å². The number of aliphatic hydroxyl groups excluding tert-OH is 1. The van der Waals surface area contributed by atoms with Gasteiger partial charge in [0.05, 0.1) is 5.69 Å². The predicted octanol–water partition coefficient (Wildman–Crippen LogP) is 6.53. The average molecular weight is 472 g/mol. The lowest BCUT2D eigenvalue weighted by Crippen LogP contribution is -2.50. The highest BCUT2D eigenvalue weighted by molar-refractivity contribution is 6.30. The molecule has 1 radical (unpaired) electrons. The highest BCUT2D eigenvalue weighted by atomic mass is 16.5. The van der Waals surface area contributed by atoms with E-state index in [2.05, 4.69) is 0 Å². The smallest absolute Gasteiger partial charge is 0.266 e. The van der Waals surface area contributed by atoms with Crippen molar-refractivity contribution >= 4 is 28.6 Å². The zero-order valence-electron chi connectivity index (χ0n) is 19.4. The van der Waals surface area contributed by atoms with Crippen LogP contribution in [-0.2, 0) is 16.1 Å². The summed E-state index contributed by atoms with van der Waals surface area (Å²) in [5.74, 6) is 0.207. The van der Waals surface area contributed by atoms with Crippen LogP contribution >= 0.6 is 0 Å². The summed E-state index contributed by atoms with van der Waals surface area (Å²) in [4.78, 5) is 17.3. The first-order chi connectivity index (χ1) is 17.7. The number of carbonyl (C=O) groups is 1. The standard InChI is InChI=1S/C31H23N2O3/c34-30-29(23-14-6-2-7-15-23)31(35)33-26-19-11-10-18-25(26)27(36-21-22-12-4-1-5-13-22)20-28(33)32(30)24-16-8-3-9-17-24/h1-20,35H,21H2. The van der Waals surface area contributed by atoms with Gasteiger partial charge in [-0.3, -0.25) is 14.6 Å². The van der Waals surface area contributed by atoms with E-state index in [0.717, 1.165) is 16.8 Å². The lowest BCUT2D eigenvalue weighted by Gasteiger charge is -2.44. The molecule has 5 nitrogen and oxygen atoms in total. The molecule has 175 valence electrons. The molecule has 4 aromatic carbocycles. The van der Waals surface area contributed by atoms with Crippen molar-refractivity contribution < 1.29 is 14.6 Å². The molecule has 0 bridgehead atoms. The number of amides is 1. The fourth-order valence-corrected chi connectivity index (χ4v) is 4.61. The summed E-state index contributed by atoms with van der Waals surface area (Å²) in [7, 11) is 0. The first-order valence-electron chi connectivity index (χ1n) is 11.8. The van der Waals surface area contributed by atoms with Gasteiger partial charge < -0.3 is 9.84 Å². The molecule has 1 N–H and O–H groups in total. The third kappa shape index (κ3) is 3.71. The first-order valence-corrected chi connectivity index (χ1v) is 11.8. The van der Waals surface area contributed by atoms with Crippen LogP contribution < -0.4 is 9.80 Å². The maximum Gasteiger partial charge on any atom is 0.266 e. The minimum Gasteiger partial charge on any atom is -0.494 e. The third-order valence-electron chi connectivity index (χ3n) is 6.30. The number of aliphatic hydroxyl groups is 1. The Morgan fingerprint density at radius 3 is 2.03 bits per heavy atom. The molecule has 2 aliphatic rings. The van der Waals surface area contributed by atoms with Crippen molar-refractivity contribution in [1.29, 1.82) is 0 Å². The molecule has 0 saturated heterocycles. The molecule has 4 aromatic rings. The Morgan fingerprint density at radius 2 is 1.31 bits per heavy atom. The number of hydrogen-bond acceptors (Lipinski definition) is 4. The number of hydrogen-bond donors (Lipinski definition) is 1. The van der Waals surface area contributed by atoms with E-state index in [1.54, 1.807) is 9.80 Å². The number of rotatable bonds is 5. The van der Waals surface area contributed by atoms with Gasteiger partial charge in [-0.2, -0.15) is 0 Å². The van der Waals surface area contributed by atoms with Crippen molar-refractivity contribution in [3.63, 3.8) is 0 Å². The van der Waals surface area contributed by atoms with Crippen LogP contribution in [0.1, 0.15) is 16.7 Å². The molecule has 2 aliphatic heterocycles. The highest BCUT2D eigenvalue weighted by Crippen LogP contribution is 2.46. The topological polar surface area (TPSA) is 53.0 Å². The Labute approximate surface area is 209 Å². The first kappa shape index (κ1) is 21.7.